The Bertz CT molecular complexity index is 2840. The smallest absolute Gasteiger partial charge is 0.240 e. The molecule has 0 atom stereocenters. The molecule has 0 aliphatic rings. The molecule has 0 aliphatic heterocycles. The summed E-state index contributed by atoms with van der Waals surface area (Å²) in [6, 6.07) is 19.7. The highest BCUT2D eigenvalue weighted by molar-refractivity contribution is 6.32. The van der Waals surface area contributed by atoms with E-state index in [0.717, 1.165) is 73.6 Å². The predicted octanol–water partition coefficient (Wildman–Crippen LogP) is 3.71. The number of likely N-dealkylation sites (N-methyl/N-ethyl adjacent to an activating group) is 2. The Kier molecular flexibility index (Phi) is 15.5. The largest absolute Gasteiger partial charge is 1.00 e. The number of aromatic nitrogens is 6. The zero-order valence-corrected chi connectivity index (χ0v) is 38.1. The first-order valence-corrected chi connectivity index (χ1v) is 20.7. The monoisotopic (exact) mass is 890 g/mol. The highest BCUT2D eigenvalue weighted by atomic mass is 35.5. The summed E-state index contributed by atoms with van der Waals surface area (Å²) in [7, 11) is 8.03. The number of hydrogen-bond donors (Lipinski definition) is 4. The number of halogens is 4. The summed E-state index contributed by atoms with van der Waals surface area (Å²) in [5.74, 6) is -0.0894. The Morgan fingerprint density at radius 2 is 1.25 bits per heavy atom. The fraction of sp³-hybridized carbons (Fsp3) is 0.318. The van der Waals surface area contributed by atoms with Crippen LogP contribution in [0, 0.1) is 27.7 Å². The van der Waals surface area contributed by atoms with Gasteiger partial charge in [0.25, 0.3) is 0 Å². The number of H-pyrrole nitrogens is 1. The Hall–Kier alpha value is -4.82. The van der Waals surface area contributed by atoms with Crippen LogP contribution in [0.3, 0.4) is 0 Å². The van der Waals surface area contributed by atoms with E-state index in [-0.39, 0.29) is 36.6 Å². The number of nitrogens with zero attached hydrogens (tertiary/aromatic N) is 6. The van der Waals surface area contributed by atoms with Crippen LogP contribution in [-0.2, 0) is 16.1 Å². The summed E-state index contributed by atoms with van der Waals surface area (Å²) in [5, 5.41) is 8.90. The van der Waals surface area contributed by atoms with Crippen molar-refractivity contribution in [1.29, 1.82) is 0 Å². The third-order valence-corrected chi connectivity index (χ3v) is 10.8. The minimum absolute atomic E-state index is 0. The average Bonchev–Trinajstić information content (AvgIpc) is 3.67. The molecule has 8 aromatic rings. The number of rotatable bonds is 9. The Balaban J connectivity index is 0.000000191. The van der Waals surface area contributed by atoms with Crippen LogP contribution in [0.15, 0.2) is 60.7 Å². The number of quaternary nitrogens is 1. The van der Waals surface area contributed by atoms with Crippen LogP contribution in [0.25, 0.3) is 66.2 Å². The minimum atomic E-state index is -0.0945. The maximum Gasteiger partial charge on any atom is 0.240 e. The number of hydrogen-bond acceptors (Lipinski definition) is 7. The lowest BCUT2D eigenvalue weighted by Crippen LogP contribution is -3.06. The quantitative estimate of drug-likeness (QED) is 0.162. The molecule has 0 saturated heterocycles. The van der Waals surface area contributed by atoms with Crippen molar-refractivity contribution in [3.8, 4) is 0 Å². The van der Waals surface area contributed by atoms with E-state index in [1.54, 1.807) is 0 Å². The number of carbonyl (C=O) groups is 2. The summed E-state index contributed by atoms with van der Waals surface area (Å²) in [4.78, 5) is 49.0. The van der Waals surface area contributed by atoms with Gasteiger partial charge in [-0.1, -0.05) is 23.2 Å². The van der Waals surface area contributed by atoms with Crippen molar-refractivity contribution in [2.45, 2.75) is 34.2 Å². The van der Waals surface area contributed by atoms with Crippen LogP contribution >= 0.6 is 34.8 Å². The van der Waals surface area contributed by atoms with Gasteiger partial charge in [0, 0.05) is 39.4 Å². The van der Waals surface area contributed by atoms with E-state index in [1.165, 1.54) is 27.2 Å². The second-order valence-electron chi connectivity index (χ2n) is 15.3. The number of benzene rings is 4. The van der Waals surface area contributed by atoms with Crippen molar-refractivity contribution in [3.63, 3.8) is 0 Å². The highest BCUT2D eigenvalue weighted by Crippen LogP contribution is 2.31. The zero-order chi connectivity index (χ0) is 42.5. The molecule has 4 aromatic carbocycles. The van der Waals surface area contributed by atoms with Gasteiger partial charge < -0.3 is 42.4 Å². The summed E-state index contributed by atoms with van der Waals surface area (Å²) >= 11 is 17.6. The first-order chi connectivity index (χ1) is 28.1. The molecule has 0 aliphatic carbocycles. The van der Waals surface area contributed by atoms with Gasteiger partial charge in [0.2, 0.25) is 11.8 Å². The molecular formula is C44H50Cl4N10O2. The third kappa shape index (κ3) is 10.9. The van der Waals surface area contributed by atoms with Crippen molar-refractivity contribution in [3.05, 3.63) is 93.0 Å². The Morgan fingerprint density at radius 3 is 1.83 bits per heavy atom. The van der Waals surface area contributed by atoms with E-state index >= 15 is 0 Å². The molecule has 0 saturated carbocycles. The SMILES string of the molecule is C[NH+](C)CCNC(=O)CCl.Cc1cc2nc3[nH]c4ccc(Cl)cc4c3nc2cc1C.Cc1cc2nc3c4cc(Cl)ccc4n(CC(=O)NCCN(C)C)c3nc2cc1C.[Cl-]. The normalized spacial score (nSPS) is 11.3. The van der Waals surface area contributed by atoms with E-state index in [9.17, 15) is 9.59 Å². The van der Waals surface area contributed by atoms with Gasteiger partial charge in [-0.2, -0.15) is 0 Å². The van der Waals surface area contributed by atoms with E-state index < -0.39 is 0 Å². The maximum atomic E-state index is 12.6. The van der Waals surface area contributed by atoms with Gasteiger partial charge in [-0.25, -0.2) is 19.9 Å². The average molecular weight is 893 g/mol. The molecule has 12 nitrogen and oxygen atoms in total. The molecular weight excluding hydrogens is 842 g/mol. The molecule has 8 rings (SSSR count). The van der Waals surface area contributed by atoms with Gasteiger partial charge in [0.05, 0.1) is 54.8 Å². The van der Waals surface area contributed by atoms with Crippen LogP contribution < -0.4 is 27.9 Å². The molecule has 2 amide bonds. The topological polar surface area (TPSA) is 138 Å². The van der Waals surface area contributed by atoms with Crippen LogP contribution in [0.1, 0.15) is 22.3 Å². The lowest BCUT2D eigenvalue weighted by atomic mass is 10.1. The fourth-order valence-corrected chi connectivity index (χ4v) is 6.97. The van der Waals surface area contributed by atoms with Crippen molar-refractivity contribution in [1.82, 2.24) is 45.0 Å². The third-order valence-electron chi connectivity index (χ3n) is 10.0. The second-order valence-corrected chi connectivity index (χ2v) is 16.5. The molecule has 60 heavy (non-hydrogen) atoms. The first kappa shape index (κ1) is 46.2. The van der Waals surface area contributed by atoms with Crippen molar-refractivity contribution in [2.24, 2.45) is 0 Å². The van der Waals surface area contributed by atoms with Crippen LogP contribution in [0.2, 0.25) is 10.0 Å². The number of aryl methyl sites for hydroxylation is 4. The molecule has 0 spiro atoms. The van der Waals surface area contributed by atoms with Crippen molar-refractivity contribution >= 4 is 113 Å². The molecule has 4 heterocycles. The predicted molar refractivity (Wildman–Crippen MR) is 243 cm³/mol. The van der Waals surface area contributed by atoms with E-state index in [2.05, 4.69) is 66.5 Å². The van der Waals surface area contributed by atoms with Gasteiger partial charge >= 0.3 is 0 Å². The molecule has 4 aromatic heterocycles. The minimum Gasteiger partial charge on any atom is -1.00 e. The van der Waals surface area contributed by atoms with Crippen LogP contribution in [0.4, 0.5) is 0 Å². The maximum absolute atomic E-state index is 12.6. The standard InChI is InChI=1S/C22H24ClN5O.C16H12ClN3.C6H13ClN2O.ClH/c1-13-9-17-18(10-14(13)2)26-22-21(25-17)16-11-15(23)5-6-19(16)28(22)12-20(29)24-7-8-27(3)4;1-8-5-13-14(6-9(8)2)20-16-15(18-13)11-7-10(17)3-4-12(11)19-16;1-9(2)4-3-8-6(10)5-7;/h5-6,9-11H,7-8,12H2,1-4H3,(H,24,29);3-7H,1-2H3,(H,19,20);3-5H2,1-2H3,(H,8,10);1H. The molecule has 316 valence electrons. The van der Waals surface area contributed by atoms with Gasteiger partial charge in [-0.3, -0.25) is 9.59 Å². The second kappa shape index (κ2) is 20.2. The first-order valence-electron chi connectivity index (χ1n) is 19.4. The highest BCUT2D eigenvalue weighted by Gasteiger charge is 2.18. The zero-order valence-electron chi connectivity index (χ0n) is 35.0. The van der Waals surface area contributed by atoms with E-state index in [1.807, 2.05) is 80.1 Å². The summed E-state index contributed by atoms with van der Waals surface area (Å²) in [5.41, 5.74) is 13.3. The Labute approximate surface area is 370 Å². The van der Waals surface area contributed by atoms with E-state index in [0.29, 0.717) is 28.8 Å². The number of alkyl halides is 1. The molecule has 4 N–H and O–H groups in total. The van der Waals surface area contributed by atoms with Crippen LogP contribution in [-0.4, -0.2) is 106 Å². The van der Waals surface area contributed by atoms with Crippen molar-refractivity contribution < 1.29 is 26.9 Å². The molecule has 0 radical (unpaired) electrons. The lowest BCUT2D eigenvalue weighted by molar-refractivity contribution is -0.856. The van der Waals surface area contributed by atoms with Crippen molar-refractivity contribution in [2.75, 3.05) is 60.2 Å². The number of fused-ring (bicyclic) bond motifs is 8. The fourth-order valence-electron chi connectivity index (χ4n) is 6.53. The van der Waals surface area contributed by atoms with Crippen LogP contribution in [0.5, 0.6) is 0 Å². The lowest BCUT2D eigenvalue weighted by Gasteiger charge is -2.11. The number of nitrogens with one attached hydrogen (secondary N) is 4. The summed E-state index contributed by atoms with van der Waals surface area (Å²) in [6.07, 6.45) is 0. The molecule has 0 unspecified atom stereocenters. The summed E-state index contributed by atoms with van der Waals surface area (Å²) in [6.45, 7) is 11.5. The molecule has 0 fully saturated rings. The van der Waals surface area contributed by atoms with Gasteiger partial charge in [0.1, 0.15) is 23.5 Å². The number of amides is 2. The van der Waals surface area contributed by atoms with Gasteiger partial charge in [-0.05, 0) is 125 Å². The Morgan fingerprint density at radius 1 is 0.717 bits per heavy atom. The molecule has 0 bridgehead atoms. The van der Waals surface area contributed by atoms with Gasteiger partial charge in [-0.15, -0.1) is 11.6 Å². The summed E-state index contributed by atoms with van der Waals surface area (Å²) < 4.78 is 1.92. The van der Waals surface area contributed by atoms with E-state index in [4.69, 9.17) is 49.8 Å². The molecule has 16 heteroatoms. The number of carbonyl (C=O) groups excluding carboxylic acids is 2. The van der Waals surface area contributed by atoms with Gasteiger partial charge in [0.15, 0.2) is 11.3 Å². The number of aromatic amines is 1.